The smallest absolute Gasteiger partial charge is 0.246 e. The number of ether oxygens (including phenoxy) is 1. The van der Waals surface area contributed by atoms with E-state index in [2.05, 4.69) is 5.32 Å². The molecule has 148 valence electrons. The Morgan fingerprint density at radius 1 is 1.35 bits per heavy atom. The van der Waals surface area contributed by atoms with Crippen molar-refractivity contribution in [3.05, 3.63) is 12.0 Å². The third-order valence-corrected chi connectivity index (χ3v) is 6.13. The molecule has 1 saturated heterocycles. The Labute approximate surface area is 155 Å². The normalized spacial score (nSPS) is 21.8. The quantitative estimate of drug-likeness (QED) is 0.407. The van der Waals surface area contributed by atoms with Crippen LogP contribution in [0.15, 0.2) is 12.0 Å². The first-order valence-electron chi connectivity index (χ1n) is 9.45. The van der Waals surface area contributed by atoms with Crippen LogP contribution in [-0.4, -0.2) is 65.2 Å². The van der Waals surface area contributed by atoms with Crippen LogP contribution in [0.1, 0.15) is 52.4 Å². The second-order valence-electron chi connectivity index (χ2n) is 8.06. The average molecular weight is 367 g/mol. The van der Waals surface area contributed by atoms with Gasteiger partial charge in [-0.3, -0.25) is 15.0 Å². The molecule has 26 heavy (non-hydrogen) atoms. The topological polar surface area (TPSA) is 106 Å². The molecule has 1 aliphatic heterocycles. The summed E-state index contributed by atoms with van der Waals surface area (Å²) >= 11 is 0. The summed E-state index contributed by atoms with van der Waals surface area (Å²) in [6.45, 7) is 4.92. The van der Waals surface area contributed by atoms with Crippen molar-refractivity contribution in [2.45, 2.75) is 64.0 Å². The number of hydrogen-bond acceptors (Lipinski definition) is 6. The molecule has 2 rings (SSSR count). The molecule has 1 aliphatic carbocycles. The predicted octanol–water partition coefficient (Wildman–Crippen LogP) is 1.96. The molecular formula is C19H33N3O4. The van der Waals surface area contributed by atoms with Crippen LogP contribution in [0.5, 0.6) is 0 Å². The van der Waals surface area contributed by atoms with E-state index in [1.165, 1.54) is 6.08 Å². The van der Waals surface area contributed by atoms with Crippen molar-refractivity contribution in [1.82, 2.24) is 10.2 Å². The van der Waals surface area contributed by atoms with Crippen LogP contribution in [-0.2, 0) is 9.53 Å². The number of hydrogen-bond donors (Lipinski definition) is 4. The molecule has 0 atom stereocenters. The summed E-state index contributed by atoms with van der Waals surface area (Å²) in [6.07, 6.45) is 6.41. The number of carbonyl (C=O) groups is 1. The second-order valence-corrected chi connectivity index (χ2v) is 8.06. The maximum absolute atomic E-state index is 12.7. The summed E-state index contributed by atoms with van der Waals surface area (Å²) < 4.78 is 5.38. The largest absolute Gasteiger partial charge is 0.494 e. The lowest BCUT2D eigenvalue weighted by atomic mass is 9.82. The van der Waals surface area contributed by atoms with Gasteiger partial charge in [-0.25, -0.2) is 0 Å². The number of aliphatic hydroxyl groups is 2. The fourth-order valence-corrected chi connectivity index (χ4v) is 3.85. The lowest BCUT2D eigenvalue weighted by Crippen LogP contribution is -2.57. The summed E-state index contributed by atoms with van der Waals surface area (Å²) in [5.74, 6) is -0.661. The van der Waals surface area contributed by atoms with Crippen LogP contribution < -0.4 is 5.32 Å². The Kier molecular flexibility index (Phi) is 6.82. The fourth-order valence-electron chi connectivity index (χ4n) is 3.85. The van der Waals surface area contributed by atoms with Gasteiger partial charge in [0.15, 0.2) is 5.88 Å². The van der Waals surface area contributed by atoms with Gasteiger partial charge in [0.25, 0.3) is 0 Å². The van der Waals surface area contributed by atoms with Gasteiger partial charge in [-0.2, -0.15) is 0 Å². The van der Waals surface area contributed by atoms with Crippen molar-refractivity contribution in [3.63, 3.8) is 0 Å². The average Bonchev–Trinajstić information content (AvgIpc) is 3.12. The van der Waals surface area contributed by atoms with Gasteiger partial charge in [-0.15, -0.1) is 0 Å². The van der Waals surface area contributed by atoms with Gasteiger partial charge in [0.05, 0.1) is 12.1 Å². The highest BCUT2D eigenvalue weighted by molar-refractivity contribution is 5.98. The molecule has 4 N–H and O–H groups in total. The molecule has 0 unspecified atom stereocenters. The molecule has 7 nitrogen and oxygen atoms in total. The molecule has 1 amide bonds. The molecule has 2 aliphatic rings. The van der Waals surface area contributed by atoms with Gasteiger partial charge >= 0.3 is 0 Å². The Morgan fingerprint density at radius 3 is 2.46 bits per heavy atom. The monoisotopic (exact) mass is 367 g/mol. The van der Waals surface area contributed by atoms with Crippen LogP contribution in [0.3, 0.4) is 0 Å². The summed E-state index contributed by atoms with van der Waals surface area (Å²) in [5.41, 5.74) is -1.23. The highest BCUT2D eigenvalue weighted by Gasteiger charge is 2.39. The zero-order chi connectivity index (χ0) is 19.4. The van der Waals surface area contributed by atoms with E-state index in [0.29, 0.717) is 13.2 Å². The van der Waals surface area contributed by atoms with E-state index in [1.54, 1.807) is 0 Å². The zero-order valence-corrected chi connectivity index (χ0v) is 16.2. The van der Waals surface area contributed by atoms with Crippen molar-refractivity contribution in [2.24, 2.45) is 5.41 Å². The number of rotatable bonds is 7. The van der Waals surface area contributed by atoms with E-state index < -0.39 is 11.0 Å². The minimum absolute atomic E-state index is 0.110. The highest BCUT2D eigenvalue weighted by Crippen LogP contribution is 2.39. The van der Waals surface area contributed by atoms with Crippen LogP contribution in [0.4, 0.5) is 0 Å². The SMILES string of the molecule is CN(C1CCOCC1)C(C)(C)C(=O)N/C(O)=C/C(=N)C1(CO)CCCC1. The molecule has 7 heteroatoms. The number of nitrogens with zero attached hydrogens (tertiary/aromatic N) is 1. The number of nitrogens with one attached hydrogen (secondary N) is 2. The maximum Gasteiger partial charge on any atom is 0.246 e. The van der Waals surface area contributed by atoms with Gasteiger partial charge in [-0.1, -0.05) is 12.8 Å². The van der Waals surface area contributed by atoms with Crippen LogP contribution in [0.2, 0.25) is 0 Å². The number of allylic oxidation sites excluding steroid dienone is 1. The standard InChI is InChI=1S/C19H33N3O4/c1-18(2,22(3)14-6-10-26-11-7-14)17(25)21-16(24)12-15(20)19(13-23)8-4-5-9-19/h12,14,20,23-24H,4-11,13H2,1-3H3,(H,21,25)/b16-12-,20-15?. The Morgan fingerprint density at radius 2 is 1.92 bits per heavy atom. The first-order valence-corrected chi connectivity index (χ1v) is 9.45. The molecular weight excluding hydrogens is 334 g/mol. The van der Waals surface area contributed by atoms with E-state index >= 15 is 0 Å². The second kappa shape index (κ2) is 8.50. The van der Waals surface area contributed by atoms with Crippen LogP contribution in [0, 0.1) is 10.8 Å². The van der Waals surface area contributed by atoms with Gasteiger partial charge in [0.2, 0.25) is 5.91 Å². The third kappa shape index (κ3) is 4.45. The van der Waals surface area contributed by atoms with Gasteiger partial charge in [0.1, 0.15) is 0 Å². The summed E-state index contributed by atoms with van der Waals surface area (Å²) in [4.78, 5) is 14.7. The first-order chi connectivity index (χ1) is 12.2. The Bertz CT molecular complexity index is 547. The highest BCUT2D eigenvalue weighted by atomic mass is 16.5. The molecule has 0 aromatic rings. The summed E-state index contributed by atoms with van der Waals surface area (Å²) in [6, 6.07) is 0.255. The van der Waals surface area contributed by atoms with Gasteiger partial charge in [-0.05, 0) is 46.6 Å². The van der Waals surface area contributed by atoms with Crippen molar-refractivity contribution >= 4 is 11.6 Å². The van der Waals surface area contributed by atoms with Crippen molar-refractivity contribution in [2.75, 3.05) is 26.9 Å². The molecule has 0 spiro atoms. The lowest BCUT2D eigenvalue weighted by molar-refractivity contribution is -0.133. The fraction of sp³-hybridized carbons (Fsp3) is 0.789. The van der Waals surface area contributed by atoms with Crippen molar-refractivity contribution in [3.8, 4) is 0 Å². The molecule has 0 radical (unpaired) electrons. The number of aliphatic hydroxyl groups excluding tert-OH is 2. The zero-order valence-electron chi connectivity index (χ0n) is 16.2. The molecule has 0 aromatic carbocycles. The number of likely N-dealkylation sites (N-methyl/N-ethyl adjacent to an activating group) is 1. The molecule has 0 aromatic heterocycles. The minimum atomic E-state index is -0.811. The van der Waals surface area contributed by atoms with E-state index in [1.807, 2.05) is 25.8 Å². The molecule has 1 saturated carbocycles. The van der Waals surface area contributed by atoms with Gasteiger partial charge in [0, 0.05) is 36.5 Å². The Balaban J connectivity index is 2.01. The van der Waals surface area contributed by atoms with Crippen LogP contribution >= 0.6 is 0 Å². The van der Waals surface area contributed by atoms with Gasteiger partial charge < -0.3 is 20.4 Å². The molecule has 2 fully saturated rings. The molecule has 0 bridgehead atoms. The lowest BCUT2D eigenvalue weighted by Gasteiger charge is -2.41. The number of amides is 1. The summed E-state index contributed by atoms with van der Waals surface area (Å²) in [7, 11) is 1.91. The van der Waals surface area contributed by atoms with Crippen LogP contribution in [0.25, 0.3) is 0 Å². The van der Waals surface area contributed by atoms with E-state index in [9.17, 15) is 15.0 Å². The maximum atomic E-state index is 12.7. The van der Waals surface area contributed by atoms with Crippen molar-refractivity contribution in [1.29, 1.82) is 5.41 Å². The summed E-state index contributed by atoms with van der Waals surface area (Å²) in [5, 5.41) is 30.6. The minimum Gasteiger partial charge on any atom is -0.494 e. The van der Waals surface area contributed by atoms with Crippen molar-refractivity contribution < 1.29 is 19.7 Å². The Hall–Kier alpha value is -1.44. The van der Waals surface area contributed by atoms with E-state index in [-0.39, 0.29) is 30.2 Å². The third-order valence-electron chi connectivity index (χ3n) is 6.13. The number of carbonyl (C=O) groups excluding carboxylic acids is 1. The predicted molar refractivity (Wildman–Crippen MR) is 100 cm³/mol. The van der Waals surface area contributed by atoms with E-state index in [0.717, 1.165) is 38.5 Å². The first kappa shape index (κ1) is 20.9. The van der Waals surface area contributed by atoms with E-state index in [4.69, 9.17) is 10.1 Å². The molecule has 1 heterocycles.